The van der Waals surface area contributed by atoms with E-state index in [1.165, 1.54) is 4.90 Å². The zero-order valence-electron chi connectivity index (χ0n) is 11.1. The van der Waals surface area contributed by atoms with Gasteiger partial charge in [0.2, 0.25) is 0 Å². The average molecular weight is 278 g/mol. The highest BCUT2D eigenvalue weighted by molar-refractivity contribution is 5.87. The minimum Gasteiger partial charge on any atom is -0.480 e. The van der Waals surface area contributed by atoms with Crippen molar-refractivity contribution in [2.75, 3.05) is 18.0 Å². The number of aliphatic carboxylic acids is 2. The number of hydrogen-bond acceptors (Lipinski definition) is 5. The number of carboxylic acids is 2. The van der Waals surface area contributed by atoms with Crippen molar-refractivity contribution in [2.24, 2.45) is 0 Å². The van der Waals surface area contributed by atoms with Crippen LogP contribution in [0.3, 0.4) is 0 Å². The molecule has 0 spiro atoms. The molecular weight excluding hydrogens is 264 g/mol. The number of anilines is 1. The van der Waals surface area contributed by atoms with Crippen molar-refractivity contribution < 1.29 is 24.3 Å². The predicted molar refractivity (Wildman–Crippen MR) is 71.0 cm³/mol. The molecule has 7 heteroatoms. The largest absolute Gasteiger partial charge is 0.480 e. The molecule has 0 aliphatic rings. The molecule has 0 radical (unpaired) electrons. The molecule has 0 saturated heterocycles. The number of rotatable bonds is 5. The second-order valence-corrected chi connectivity index (χ2v) is 4.55. The van der Waals surface area contributed by atoms with E-state index in [0.29, 0.717) is 11.3 Å². The summed E-state index contributed by atoms with van der Waals surface area (Å²) in [6.07, 6.45) is 0. The van der Waals surface area contributed by atoms with Gasteiger partial charge in [-0.25, -0.2) is 0 Å². The van der Waals surface area contributed by atoms with Crippen molar-refractivity contribution in [3.05, 3.63) is 23.4 Å². The Morgan fingerprint density at radius 2 is 1.80 bits per heavy atom. The van der Waals surface area contributed by atoms with Crippen LogP contribution in [-0.4, -0.2) is 40.4 Å². The van der Waals surface area contributed by atoms with Gasteiger partial charge in [0.15, 0.2) is 5.58 Å². The second-order valence-electron chi connectivity index (χ2n) is 4.55. The Hall–Kier alpha value is -2.57. The van der Waals surface area contributed by atoms with Gasteiger partial charge in [-0.3, -0.25) is 9.59 Å². The topological polar surface area (TPSA) is 104 Å². The van der Waals surface area contributed by atoms with Gasteiger partial charge < -0.3 is 19.6 Å². The smallest absolute Gasteiger partial charge is 0.323 e. The van der Waals surface area contributed by atoms with Gasteiger partial charge in [-0.15, -0.1) is 0 Å². The number of carboxylic acid groups (broad SMARTS) is 2. The fourth-order valence-corrected chi connectivity index (χ4v) is 2.10. The molecule has 1 aromatic carbocycles. The summed E-state index contributed by atoms with van der Waals surface area (Å²) in [4.78, 5) is 23.0. The van der Waals surface area contributed by atoms with E-state index in [4.69, 9.17) is 14.7 Å². The molecule has 2 aromatic rings. The molecule has 20 heavy (non-hydrogen) atoms. The molecule has 106 valence electrons. The highest BCUT2D eigenvalue weighted by atomic mass is 16.5. The maximum atomic E-state index is 10.9. The first-order valence-corrected chi connectivity index (χ1v) is 5.93. The summed E-state index contributed by atoms with van der Waals surface area (Å²) in [5.74, 6) is -2.20. The fraction of sp³-hybridized carbons (Fsp3) is 0.308. The van der Waals surface area contributed by atoms with Crippen LogP contribution in [0.1, 0.15) is 11.3 Å². The number of carbonyl (C=O) groups is 2. The Balaban J connectivity index is 2.48. The van der Waals surface area contributed by atoms with Crippen molar-refractivity contribution in [1.29, 1.82) is 0 Å². The standard InChI is InChI=1S/C13H14N2O5/c1-7-3-9-8(2)14-20-11(9)4-10(7)15(5-12(16)17)6-13(18)19/h3-4H,5-6H2,1-2H3,(H,16,17)(H,18,19). The molecule has 0 amide bonds. The molecule has 1 heterocycles. The normalized spacial score (nSPS) is 10.7. The monoisotopic (exact) mass is 278 g/mol. The van der Waals surface area contributed by atoms with Gasteiger partial charge in [0.05, 0.1) is 5.69 Å². The van der Waals surface area contributed by atoms with Gasteiger partial charge in [-0.1, -0.05) is 5.16 Å². The van der Waals surface area contributed by atoms with Crippen molar-refractivity contribution in [2.45, 2.75) is 13.8 Å². The van der Waals surface area contributed by atoms with E-state index in [-0.39, 0.29) is 0 Å². The Morgan fingerprint density at radius 1 is 1.20 bits per heavy atom. The van der Waals surface area contributed by atoms with Gasteiger partial charge in [-0.05, 0) is 25.5 Å². The first kappa shape index (κ1) is 13.9. The summed E-state index contributed by atoms with van der Waals surface area (Å²) in [7, 11) is 0. The summed E-state index contributed by atoms with van der Waals surface area (Å²) in [6.45, 7) is 2.80. The summed E-state index contributed by atoms with van der Waals surface area (Å²) in [5, 5.41) is 22.5. The van der Waals surface area contributed by atoms with Crippen molar-refractivity contribution in [1.82, 2.24) is 5.16 Å². The second kappa shape index (κ2) is 5.20. The van der Waals surface area contributed by atoms with Gasteiger partial charge in [0.25, 0.3) is 0 Å². The lowest BCUT2D eigenvalue weighted by Crippen LogP contribution is -2.34. The number of nitrogens with zero attached hydrogens (tertiary/aromatic N) is 2. The van der Waals surface area contributed by atoms with E-state index in [2.05, 4.69) is 5.16 Å². The zero-order chi connectivity index (χ0) is 14.9. The van der Waals surface area contributed by atoms with Crippen LogP contribution in [0.5, 0.6) is 0 Å². The minimum absolute atomic E-state index is 0.397. The Bertz CT molecular complexity index is 661. The SMILES string of the molecule is Cc1cc2c(C)noc2cc1N(CC(=O)O)CC(=O)O. The van der Waals surface area contributed by atoms with Crippen molar-refractivity contribution in [3.63, 3.8) is 0 Å². The summed E-state index contributed by atoms with van der Waals surface area (Å²) < 4.78 is 5.13. The van der Waals surface area contributed by atoms with E-state index in [1.807, 2.05) is 6.07 Å². The van der Waals surface area contributed by atoms with Crippen LogP contribution in [0, 0.1) is 13.8 Å². The molecule has 0 saturated carbocycles. The zero-order valence-corrected chi connectivity index (χ0v) is 11.1. The van der Waals surface area contributed by atoms with Crippen LogP contribution in [0.15, 0.2) is 16.7 Å². The van der Waals surface area contributed by atoms with Crippen LogP contribution in [0.25, 0.3) is 11.0 Å². The van der Waals surface area contributed by atoms with Crippen molar-refractivity contribution >= 4 is 28.6 Å². The lowest BCUT2D eigenvalue weighted by atomic mass is 10.1. The van der Waals surface area contributed by atoms with E-state index < -0.39 is 25.0 Å². The Kier molecular flexibility index (Phi) is 3.60. The first-order chi connectivity index (χ1) is 9.38. The molecule has 0 unspecified atom stereocenters. The van der Waals surface area contributed by atoms with Gasteiger partial charge >= 0.3 is 11.9 Å². The van der Waals surface area contributed by atoms with Crippen LogP contribution in [0.4, 0.5) is 5.69 Å². The number of hydrogen-bond donors (Lipinski definition) is 2. The quantitative estimate of drug-likeness (QED) is 0.852. The maximum absolute atomic E-state index is 10.9. The number of benzene rings is 1. The molecule has 2 rings (SSSR count). The maximum Gasteiger partial charge on any atom is 0.323 e. The van der Waals surface area contributed by atoms with Gasteiger partial charge in [0, 0.05) is 17.1 Å². The molecule has 1 aromatic heterocycles. The molecular formula is C13H14N2O5. The lowest BCUT2D eigenvalue weighted by molar-refractivity contribution is -0.136. The predicted octanol–water partition coefficient (Wildman–Crippen LogP) is 1.42. The lowest BCUT2D eigenvalue weighted by Gasteiger charge is -2.22. The van der Waals surface area contributed by atoms with Crippen LogP contribution >= 0.6 is 0 Å². The van der Waals surface area contributed by atoms with E-state index in [0.717, 1.165) is 16.6 Å². The molecule has 7 nitrogen and oxygen atoms in total. The summed E-state index contributed by atoms with van der Waals surface area (Å²) in [6, 6.07) is 3.43. The number of aryl methyl sites for hydroxylation is 2. The van der Waals surface area contributed by atoms with Crippen LogP contribution in [-0.2, 0) is 9.59 Å². The molecule has 0 aliphatic heterocycles. The molecule has 0 atom stereocenters. The average Bonchev–Trinajstić information content (AvgIpc) is 2.68. The minimum atomic E-state index is -1.10. The number of fused-ring (bicyclic) bond motifs is 1. The molecule has 0 aliphatic carbocycles. The number of aromatic nitrogens is 1. The molecule has 0 fully saturated rings. The van der Waals surface area contributed by atoms with Crippen LogP contribution < -0.4 is 4.90 Å². The summed E-state index contributed by atoms with van der Waals surface area (Å²) >= 11 is 0. The summed E-state index contributed by atoms with van der Waals surface area (Å²) in [5.41, 5.74) is 2.52. The van der Waals surface area contributed by atoms with Crippen molar-refractivity contribution in [3.8, 4) is 0 Å². The third kappa shape index (κ3) is 2.71. The van der Waals surface area contributed by atoms with E-state index in [9.17, 15) is 9.59 Å². The highest BCUT2D eigenvalue weighted by Gasteiger charge is 2.18. The van der Waals surface area contributed by atoms with E-state index in [1.54, 1.807) is 19.9 Å². The Morgan fingerprint density at radius 3 is 2.35 bits per heavy atom. The van der Waals surface area contributed by atoms with Gasteiger partial charge in [0.1, 0.15) is 13.1 Å². The van der Waals surface area contributed by atoms with Gasteiger partial charge in [-0.2, -0.15) is 0 Å². The third-order valence-corrected chi connectivity index (χ3v) is 2.96. The van der Waals surface area contributed by atoms with E-state index >= 15 is 0 Å². The van der Waals surface area contributed by atoms with Crippen LogP contribution in [0.2, 0.25) is 0 Å². The third-order valence-electron chi connectivity index (χ3n) is 2.96. The Labute approximate surface area is 114 Å². The molecule has 0 bridgehead atoms. The highest BCUT2D eigenvalue weighted by Crippen LogP contribution is 2.28. The fourth-order valence-electron chi connectivity index (χ4n) is 2.10. The molecule has 2 N–H and O–H groups in total. The first-order valence-electron chi connectivity index (χ1n) is 5.93.